The standard InChI is InChI=1S/C36H22N2O/c39-36-29-18-10-17-27-26(23-11-4-1-5-12-23)19-20-28(34(27)29)35-37-32-21-30(24-13-6-2-7-14-24)31(22-33(32)38(35)36)25-15-8-3-9-16-25/h1-22H. The van der Waals surface area contributed by atoms with Crippen LogP contribution in [0.25, 0.3) is 71.6 Å². The van der Waals surface area contributed by atoms with Crippen molar-refractivity contribution in [2.24, 2.45) is 0 Å². The van der Waals surface area contributed by atoms with Crippen LogP contribution in [0.15, 0.2) is 138 Å². The Kier molecular flexibility index (Phi) is 4.67. The number of rotatable bonds is 3. The van der Waals surface area contributed by atoms with Gasteiger partial charge in [-0.15, -0.1) is 0 Å². The summed E-state index contributed by atoms with van der Waals surface area (Å²) in [4.78, 5) is 19.2. The summed E-state index contributed by atoms with van der Waals surface area (Å²) in [5.41, 5.74) is 8.94. The first-order valence-corrected chi connectivity index (χ1v) is 13.1. The quantitative estimate of drug-likeness (QED) is 0.244. The molecule has 0 atom stereocenters. The van der Waals surface area contributed by atoms with Gasteiger partial charge in [-0.2, -0.15) is 0 Å². The highest BCUT2D eigenvalue weighted by atomic mass is 16.1. The van der Waals surface area contributed by atoms with E-state index in [1.807, 2.05) is 54.6 Å². The molecule has 39 heavy (non-hydrogen) atoms. The van der Waals surface area contributed by atoms with Crippen LogP contribution in [0.5, 0.6) is 0 Å². The zero-order valence-electron chi connectivity index (χ0n) is 21.0. The maximum Gasteiger partial charge on any atom is 0.264 e. The van der Waals surface area contributed by atoms with Crippen LogP contribution in [0.2, 0.25) is 0 Å². The molecule has 8 aromatic rings. The SMILES string of the molecule is O=c1c2cccc3c(-c4ccccc4)ccc(c32)c2nc3cc(-c4ccccc4)c(-c4ccccc4)cc3n12. The monoisotopic (exact) mass is 498 g/mol. The third-order valence-electron chi connectivity index (χ3n) is 7.76. The summed E-state index contributed by atoms with van der Waals surface area (Å²) in [6, 6.07) is 45.6. The van der Waals surface area contributed by atoms with Crippen LogP contribution in [0, 0.1) is 0 Å². The van der Waals surface area contributed by atoms with Crippen molar-refractivity contribution in [3.8, 4) is 33.4 Å². The minimum atomic E-state index is -0.0396. The molecule has 182 valence electrons. The Balaban J connectivity index is 1.51. The van der Waals surface area contributed by atoms with E-state index in [0.29, 0.717) is 11.0 Å². The molecule has 0 saturated heterocycles. The van der Waals surface area contributed by atoms with Crippen molar-refractivity contribution < 1.29 is 0 Å². The number of hydrogen-bond acceptors (Lipinski definition) is 2. The summed E-state index contributed by atoms with van der Waals surface area (Å²) in [5.74, 6) is 0. The Morgan fingerprint density at radius 3 is 1.69 bits per heavy atom. The summed E-state index contributed by atoms with van der Waals surface area (Å²) in [7, 11) is 0. The van der Waals surface area contributed by atoms with Crippen LogP contribution in [-0.4, -0.2) is 9.38 Å². The first-order valence-electron chi connectivity index (χ1n) is 13.1. The maximum atomic E-state index is 14.1. The highest BCUT2D eigenvalue weighted by Crippen LogP contribution is 2.39. The van der Waals surface area contributed by atoms with E-state index in [-0.39, 0.29) is 5.56 Å². The molecule has 0 N–H and O–H groups in total. The number of fused-ring (bicyclic) bond motifs is 4. The molecule has 0 amide bonds. The van der Waals surface area contributed by atoms with E-state index in [2.05, 4.69) is 78.9 Å². The zero-order chi connectivity index (χ0) is 25.9. The smallest absolute Gasteiger partial charge is 0.264 e. The van der Waals surface area contributed by atoms with Gasteiger partial charge in [0.25, 0.3) is 5.56 Å². The summed E-state index contributed by atoms with van der Waals surface area (Å²) in [6.45, 7) is 0. The second kappa shape index (κ2) is 8.37. The number of nitrogens with zero attached hydrogens (tertiary/aromatic N) is 2. The van der Waals surface area contributed by atoms with E-state index >= 15 is 0 Å². The molecule has 0 unspecified atom stereocenters. The highest BCUT2D eigenvalue weighted by molar-refractivity contribution is 6.19. The average molecular weight is 499 g/mol. The van der Waals surface area contributed by atoms with E-state index in [0.717, 1.165) is 60.6 Å². The van der Waals surface area contributed by atoms with Gasteiger partial charge < -0.3 is 0 Å². The van der Waals surface area contributed by atoms with Crippen LogP contribution >= 0.6 is 0 Å². The van der Waals surface area contributed by atoms with Crippen molar-refractivity contribution in [1.29, 1.82) is 0 Å². The predicted molar refractivity (Wildman–Crippen MR) is 161 cm³/mol. The molecule has 3 nitrogen and oxygen atoms in total. The Bertz CT molecular complexity index is 2220. The van der Waals surface area contributed by atoms with Crippen LogP contribution in [0.4, 0.5) is 0 Å². The summed E-state index contributed by atoms with van der Waals surface area (Å²) in [5, 5.41) is 3.73. The molecule has 0 fully saturated rings. The van der Waals surface area contributed by atoms with Crippen LogP contribution in [0.3, 0.4) is 0 Å². The van der Waals surface area contributed by atoms with E-state index < -0.39 is 0 Å². The minimum Gasteiger partial charge on any atom is -0.268 e. The van der Waals surface area contributed by atoms with E-state index in [1.54, 1.807) is 4.40 Å². The van der Waals surface area contributed by atoms with Gasteiger partial charge in [0.15, 0.2) is 0 Å². The fraction of sp³-hybridized carbons (Fsp3) is 0. The van der Waals surface area contributed by atoms with Gasteiger partial charge in [0.1, 0.15) is 5.65 Å². The second-order valence-electron chi connectivity index (χ2n) is 9.95. The Morgan fingerprint density at radius 1 is 0.487 bits per heavy atom. The number of pyridine rings is 1. The highest BCUT2D eigenvalue weighted by Gasteiger charge is 2.20. The number of aromatic nitrogens is 2. The lowest BCUT2D eigenvalue weighted by Crippen LogP contribution is -2.13. The topological polar surface area (TPSA) is 34.4 Å². The zero-order valence-corrected chi connectivity index (χ0v) is 21.0. The largest absolute Gasteiger partial charge is 0.268 e. The maximum absolute atomic E-state index is 14.1. The van der Waals surface area contributed by atoms with Crippen molar-refractivity contribution in [3.05, 3.63) is 144 Å². The summed E-state index contributed by atoms with van der Waals surface area (Å²) < 4.78 is 1.80. The van der Waals surface area contributed by atoms with Gasteiger partial charge in [0.2, 0.25) is 0 Å². The average Bonchev–Trinajstić information content (AvgIpc) is 3.39. The molecule has 2 heterocycles. The molecule has 2 aromatic heterocycles. The Labute approximate surface area is 224 Å². The van der Waals surface area contributed by atoms with Crippen molar-refractivity contribution in [3.63, 3.8) is 0 Å². The summed E-state index contributed by atoms with van der Waals surface area (Å²) in [6.07, 6.45) is 0. The fourth-order valence-electron chi connectivity index (χ4n) is 5.98. The van der Waals surface area contributed by atoms with Crippen molar-refractivity contribution in [2.45, 2.75) is 0 Å². The number of imidazole rings is 1. The van der Waals surface area contributed by atoms with E-state index in [4.69, 9.17) is 4.98 Å². The molecule has 0 aliphatic heterocycles. The molecule has 0 radical (unpaired) electrons. The van der Waals surface area contributed by atoms with Gasteiger partial charge in [-0.25, -0.2) is 4.98 Å². The molecular weight excluding hydrogens is 476 g/mol. The second-order valence-corrected chi connectivity index (χ2v) is 9.95. The Hall–Kier alpha value is -5.28. The Morgan fingerprint density at radius 2 is 1.05 bits per heavy atom. The lowest BCUT2D eigenvalue weighted by atomic mass is 9.93. The van der Waals surface area contributed by atoms with Crippen LogP contribution < -0.4 is 5.56 Å². The van der Waals surface area contributed by atoms with E-state index in [9.17, 15) is 4.79 Å². The lowest BCUT2D eigenvalue weighted by Gasteiger charge is -2.12. The van der Waals surface area contributed by atoms with Gasteiger partial charge in [0, 0.05) is 16.2 Å². The number of benzene rings is 6. The molecule has 6 aromatic carbocycles. The van der Waals surface area contributed by atoms with Gasteiger partial charge in [0.05, 0.1) is 11.0 Å². The molecule has 0 aliphatic carbocycles. The third kappa shape index (κ3) is 3.23. The number of hydrogen-bond donors (Lipinski definition) is 0. The van der Waals surface area contributed by atoms with Crippen molar-refractivity contribution >= 4 is 38.2 Å². The summed E-state index contributed by atoms with van der Waals surface area (Å²) >= 11 is 0. The van der Waals surface area contributed by atoms with E-state index in [1.165, 1.54) is 0 Å². The molecule has 8 rings (SSSR count). The fourth-order valence-corrected chi connectivity index (χ4v) is 5.98. The van der Waals surface area contributed by atoms with Gasteiger partial charge >= 0.3 is 0 Å². The van der Waals surface area contributed by atoms with Crippen LogP contribution in [-0.2, 0) is 0 Å². The normalized spacial score (nSPS) is 11.7. The molecule has 0 bridgehead atoms. The van der Waals surface area contributed by atoms with Gasteiger partial charge in [-0.3, -0.25) is 9.20 Å². The molecule has 3 heteroatoms. The molecule has 0 saturated carbocycles. The minimum absolute atomic E-state index is 0.0396. The molecular formula is C36H22N2O. The van der Waals surface area contributed by atoms with Crippen molar-refractivity contribution in [1.82, 2.24) is 9.38 Å². The first-order chi connectivity index (χ1) is 19.3. The third-order valence-corrected chi connectivity index (χ3v) is 7.76. The predicted octanol–water partition coefficient (Wildman–Crippen LogP) is 8.59. The van der Waals surface area contributed by atoms with Crippen LogP contribution in [0.1, 0.15) is 0 Å². The van der Waals surface area contributed by atoms with Gasteiger partial charge in [-0.1, -0.05) is 109 Å². The van der Waals surface area contributed by atoms with Crippen molar-refractivity contribution in [2.75, 3.05) is 0 Å². The first kappa shape index (κ1) is 21.8. The molecule has 0 aliphatic rings. The lowest BCUT2D eigenvalue weighted by molar-refractivity contribution is 1.19. The molecule has 0 spiro atoms. The van der Waals surface area contributed by atoms with Gasteiger partial charge in [-0.05, 0) is 63.0 Å².